The van der Waals surface area contributed by atoms with Crippen molar-refractivity contribution in [2.45, 2.75) is 0 Å². The molecule has 1 aromatic heterocycles. The lowest BCUT2D eigenvalue weighted by molar-refractivity contribution is 0.0977. The zero-order chi connectivity index (χ0) is 20.4. The normalized spacial score (nSPS) is 10.7. The number of hydrogen-bond acceptors (Lipinski definition) is 4. The van der Waals surface area contributed by atoms with Crippen molar-refractivity contribution in [3.05, 3.63) is 83.1 Å². The van der Waals surface area contributed by atoms with E-state index in [0.717, 1.165) is 20.8 Å². The summed E-state index contributed by atoms with van der Waals surface area (Å²) in [6.45, 7) is 0. The van der Waals surface area contributed by atoms with E-state index < -0.39 is 11.7 Å². The third-order valence-electron chi connectivity index (χ3n) is 4.08. The maximum absolute atomic E-state index is 13.0. The Morgan fingerprint density at radius 2 is 1.83 bits per heavy atom. The van der Waals surface area contributed by atoms with Crippen LogP contribution in [0.15, 0.2) is 66.7 Å². The molecule has 3 aromatic carbocycles. The van der Waals surface area contributed by atoms with Crippen LogP contribution in [-0.4, -0.2) is 16.0 Å². The van der Waals surface area contributed by atoms with Crippen LogP contribution in [0.2, 0.25) is 5.02 Å². The van der Waals surface area contributed by atoms with Gasteiger partial charge in [-0.2, -0.15) is 0 Å². The molecule has 1 heterocycles. The van der Waals surface area contributed by atoms with E-state index in [4.69, 9.17) is 23.8 Å². The molecule has 4 rings (SSSR count). The Kier molecular flexibility index (Phi) is 5.53. The summed E-state index contributed by atoms with van der Waals surface area (Å²) in [6, 6.07) is 18.4. The molecular formula is C21H13ClFN3OS2. The van der Waals surface area contributed by atoms with Gasteiger partial charge in [-0.25, -0.2) is 9.37 Å². The molecule has 4 nitrogen and oxygen atoms in total. The van der Waals surface area contributed by atoms with Crippen molar-refractivity contribution < 1.29 is 9.18 Å². The Bertz CT molecular complexity index is 1190. The Labute approximate surface area is 180 Å². The van der Waals surface area contributed by atoms with Gasteiger partial charge < -0.3 is 5.32 Å². The molecule has 0 aliphatic carbocycles. The number of thiocarbonyl (C=S) groups is 1. The SMILES string of the molecule is O=C(NC(=S)Nc1ccc(Cl)c(-c2nc3ccccc3s2)c1)c1ccc(F)cc1. The second-order valence-corrected chi connectivity index (χ2v) is 7.94. The first-order valence-corrected chi connectivity index (χ1v) is 10.1. The molecule has 0 aliphatic heterocycles. The van der Waals surface area contributed by atoms with Crippen molar-refractivity contribution in [1.82, 2.24) is 10.3 Å². The summed E-state index contributed by atoms with van der Waals surface area (Å²) < 4.78 is 14.1. The molecule has 0 atom stereocenters. The molecule has 144 valence electrons. The zero-order valence-electron chi connectivity index (χ0n) is 14.8. The molecule has 4 aromatic rings. The van der Waals surface area contributed by atoms with E-state index in [0.29, 0.717) is 16.3 Å². The number of anilines is 1. The van der Waals surface area contributed by atoms with Crippen LogP contribution in [0.3, 0.4) is 0 Å². The summed E-state index contributed by atoms with van der Waals surface area (Å²) in [7, 11) is 0. The average Bonchev–Trinajstić information content (AvgIpc) is 3.14. The third-order valence-corrected chi connectivity index (χ3v) is 5.69. The number of amides is 1. The molecule has 0 aliphatic rings. The molecular weight excluding hydrogens is 429 g/mol. The topological polar surface area (TPSA) is 54.0 Å². The first kappa shape index (κ1) is 19.4. The number of aromatic nitrogens is 1. The van der Waals surface area contributed by atoms with Crippen LogP contribution in [0.1, 0.15) is 10.4 Å². The number of carbonyl (C=O) groups is 1. The molecule has 0 fully saturated rings. The Morgan fingerprint density at radius 3 is 2.59 bits per heavy atom. The molecule has 0 saturated carbocycles. The summed E-state index contributed by atoms with van der Waals surface area (Å²) in [5.41, 5.74) is 2.64. The Hall–Kier alpha value is -2.87. The van der Waals surface area contributed by atoms with Crippen LogP contribution in [0.4, 0.5) is 10.1 Å². The fourth-order valence-electron chi connectivity index (χ4n) is 2.69. The average molecular weight is 442 g/mol. The number of benzene rings is 3. The number of nitrogens with one attached hydrogen (secondary N) is 2. The lowest BCUT2D eigenvalue weighted by Crippen LogP contribution is -2.34. The molecule has 0 saturated heterocycles. The summed E-state index contributed by atoms with van der Waals surface area (Å²) in [4.78, 5) is 16.8. The molecule has 0 radical (unpaired) electrons. The maximum atomic E-state index is 13.0. The molecule has 1 amide bonds. The number of hydrogen-bond donors (Lipinski definition) is 2. The predicted molar refractivity (Wildman–Crippen MR) is 120 cm³/mol. The van der Waals surface area contributed by atoms with Crippen molar-refractivity contribution >= 4 is 62.1 Å². The van der Waals surface area contributed by atoms with Crippen molar-refractivity contribution in [3.8, 4) is 10.6 Å². The van der Waals surface area contributed by atoms with Gasteiger partial charge in [-0.15, -0.1) is 11.3 Å². The second kappa shape index (κ2) is 8.24. The van der Waals surface area contributed by atoms with Gasteiger partial charge in [-0.3, -0.25) is 10.1 Å². The Morgan fingerprint density at radius 1 is 1.07 bits per heavy atom. The van der Waals surface area contributed by atoms with Crippen molar-refractivity contribution in [1.29, 1.82) is 0 Å². The van der Waals surface area contributed by atoms with Gasteiger partial charge in [0.25, 0.3) is 5.91 Å². The highest BCUT2D eigenvalue weighted by Gasteiger charge is 2.12. The van der Waals surface area contributed by atoms with E-state index in [1.54, 1.807) is 23.5 Å². The highest BCUT2D eigenvalue weighted by molar-refractivity contribution is 7.80. The van der Waals surface area contributed by atoms with Gasteiger partial charge in [0.1, 0.15) is 10.8 Å². The highest BCUT2D eigenvalue weighted by atomic mass is 35.5. The Balaban J connectivity index is 1.52. The van der Waals surface area contributed by atoms with Gasteiger partial charge in [-0.1, -0.05) is 23.7 Å². The fourth-order valence-corrected chi connectivity index (χ4v) is 4.16. The van der Waals surface area contributed by atoms with E-state index in [2.05, 4.69) is 15.6 Å². The first-order valence-electron chi connectivity index (χ1n) is 8.53. The van der Waals surface area contributed by atoms with Crippen molar-refractivity contribution in [2.24, 2.45) is 0 Å². The molecule has 2 N–H and O–H groups in total. The molecule has 8 heteroatoms. The van der Waals surface area contributed by atoms with Crippen LogP contribution in [0.25, 0.3) is 20.8 Å². The predicted octanol–water partition coefficient (Wildman–Crippen LogP) is 5.88. The summed E-state index contributed by atoms with van der Waals surface area (Å²) in [5.74, 6) is -0.839. The standard InChI is InChI=1S/C21H13ClFN3OS2/c22-16-10-9-14(11-15(16)20-25-17-3-1-2-4-18(17)29-20)24-21(28)26-19(27)12-5-7-13(23)8-6-12/h1-11H,(H2,24,26,27,28). The van der Waals surface area contributed by atoms with Gasteiger partial charge in [0.2, 0.25) is 0 Å². The minimum atomic E-state index is -0.428. The van der Waals surface area contributed by atoms with Crippen LogP contribution in [0.5, 0.6) is 0 Å². The molecule has 29 heavy (non-hydrogen) atoms. The van der Waals surface area contributed by atoms with Crippen LogP contribution < -0.4 is 10.6 Å². The van der Waals surface area contributed by atoms with Crippen molar-refractivity contribution in [3.63, 3.8) is 0 Å². The number of fused-ring (bicyclic) bond motifs is 1. The van der Waals surface area contributed by atoms with E-state index in [1.165, 1.54) is 24.3 Å². The largest absolute Gasteiger partial charge is 0.332 e. The van der Waals surface area contributed by atoms with Crippen LogP contribution in [-0.2, 0) is 0 Å². The van der Waals surface area contributed by atoms with Gasteiger partial charge in [0.15, 0.2) is 5.11 Å². The quantitative estimate of drug-likeness (QED) is 0.390. The number of halogens is 2. The molecule has 0 bridgehead atoms. The zero-order valence-corrected chi connectivity index (χ0v) is 17.2. The summed E-state index contributed by atoms with van der Waals surface area (Å²) >= 11 is 13.1. The molecule has 0 unspecified atom stereocenters. The minimum Gasteiger partial charge on any atom is -0.332 e. The maximum Gasteiger partial charge on any atom is 0.257 e. The second-order valence-electron chi connectivity index (χ2n) is 6.10. The number of nitrogens with zero attached hydrogens (tertiary/aromatic N) is 1. The van der Waals surface area contributed by atoms with E-state index in [-0.39, 0.29) is 5.11 Å². The third kappa shape index (κ3) is 4.42. The smallest absolute Gasteiger partial charge is 0.257 e. The van der Waals surface area contributed by atoms with Gasteiger partial charge in [0, 0.05) is 16.8 Å². The summed E-state index contributed by atoms with van der Waals surface area (Å²) in [6.07, 6.45) is 0. The van der Waals surface area contributed by atoms with Crippen molar-refractivity contribution in [2.75, 3.05) is 5.32 Å². The van der Waals surface area contributed by atoms with Gasteiger partial charge in [-0.05, 0) is 66.8 Å². The monoisotopic (exact) mass is 441 g/mol. The minimum absolute atomic E-state index is 0.122. The van der Waals surface area contributed by atoms with Crippen LogP contribution >= 0.6 is 35.2 Å². The number of carbonyl (C=O) groups excluding carboxylic acids is 1. The van der Waals surface area contributed by atoms with Crippen LogP contribution in [0, 0.1) is 5.82 Å². The van der Waals surface area contributed by atoms with E-state index >= 15 is 0 Å². The lowest BCUT2D eigenvalue weighted by Gasteiger charge is -2.11. The van der Waals surface area contributed by atoms with E-state index in [9.17, 15) is 9.18 Å². The number of rotatable bonds is 3. The number of thiazole rings is 1. The first-order chi connectivity index (χ1) is 14.0. The summed E-state index contributed by atoms with van der Waals surface area (Å²) in [5, 5.41) is 7.02. The molecule has 0 spiro atoms. The lowest BCUT2D eigenvalue weighted by atomic mass is 10.2. The van der Waals surface area contributed by atoms with Gasteiger partial charge >= 0.3 is 0 Å². The van der Waals surface area contributed by atoms with Gasteiger partial charge in [0.05, 0.1) is 15.2 Å². The fraction of sp³-hybridized carbons (Fsp3) is 0. The highest BCUT2D eigenvalue weighted by Crippen LogP contribution is 2.35. The number of para-hydroxylation sites is 1. The van der Waals surface area contributed by atoms with E-state index in [1.807, 2.05) is 30.3 Å².